The summed E-state index contributed by atoms with van der Waals surface area (Å²) in [6, 6.07) is 14.4. The number of amides is 1. The van der Waals surface area contributed by atoms with Gasteiger partial charge in [-0.1, -0.05) is 30.3 Å². The molecule has 2 aromatic carbocycles. The summed E-state index contributed by atoms with van der Waals surface area (Å²) < 4.78 is 19.1. The van der Waals surface area contributed by atoms with Crippen LogP contribution in [0.15, 0.2) is 48.5 Å². The third-order valence-corrected chi connectivity index (χ3v) is 5.66. The molecule has 2 heterocycles. The normalized spacial score (nSPS) is 22.3. The first-order valence-corrected chi connectivity index (χ1v) is 9.65. The number of rotatable bonds is 5. The monoisotopic (exact) mass is 368 g/mol. The molecule has 4 nitrogen and oxygen atoms in total. The lowest BCUT2D eigenvalue weighted by molar-refractivity contribution is 0.0902. The number of carbonyl (C=O) groups excluding carboxylic acids is 1. The molecule has 0 radical (unpaired) electrons. The fourth-order valence-corrected chi connectivity index (χ4v) is 4.19. The second-order valence-corrected chi connectivity index (χ2v) is 7.55. The van der Waals surface area contributed by atoms with E-state index in [4.69, 9.17) is 4.74 Å². The van der Waals surface area contributed by atoms with Gasteiger partial charge in [-0.25, -0.2) is 4.39 Å². The molecular formula is C22H25FN2O2. The van der Waals surface area contributed by atoms with Crippen LogP contribution < -0.4 is 10.1 Å². The Morgan fingerprint density at radius 3 is 2.81 bits per heavy atom. The molecular weight excluding hydrogens is 343 g/mol. The van der Waals surface area contributed by atoms with Gasteiger partial charge in [-0.15, -0.1) is 0 Å². The van der Waals surface area contributed by atoms with E-state index in [1.807, 2.05) is 18.2 Å². The van der Waals surface area contributed by atoms with E-state index in [-0.39, 0.29) is 17.3 Å². The van der Waals surface area contributed by atoms with E-state index in [0.29, 0.717) is 12.4 Å². The molecule has 2 aliphatic heterocycles. The van der Waals surface area contributed by atoms with Crippen LogP contribution >= 0.6 is 0 Å². The number of likely N-dealkylation sites (tertiary alicyclic amines) is 1. The Bertz CT molecular complexity index is 825. The number of fused-ring (bicyclic) bond motifs is 1. The van der Waals surface area contributed by atoms with Crippen LogP contribution in [0, 0.1) is 5.82 Å². The average molecular weight is 368 g/mol. The van der Waals surface area contributed by atoms with Crippen molar-refractivity contribution in [3.05, 3.63) is 65.5 Å². The minimum atomic E-state index is -0.321. The van der Waals surface area contributed by atoms with Crippen LogP contribution in [0.3, 0.4) is 0 Å². The Labute approximate surface area is 159 Å². The summed E-state index contributed by atoms with van der Waals surface area (Å²) in [6.07, 6.45) is 3.70. The zero-order valence-electron chi connectivity index (χ0n) is 15.4. The van der Waals surface area contributed by atoms with Gasteiger partial charge in [0, 0.05) is 25.2 Å². The van der Waals surface area contributed by atoms with Crippen LogP contribution in [0.25, 0.3) is 0 Å². The molecule has 0 aliphatic carbocycles. The summed E-state index contributed by atoms with van der Waals surface area (Å²) >= 11 is 0. The van der Waals surface area contributed by atoms with Crippen molar-refractivity contribution in [3.63, 3.8) is 0 Å². The minimum absolute atomic E-state index is 0.0489. The molecule has 2 aromatic rings. The summed E-state index contributed by atoms with van der Waals surface area (Å²) in [6.45, 7) is 3.21. The zero-order chi connectivity index (χ0) is 18.7. The average Bonchev–Trinajstić information content (AvgIpc) is 3.01. The Hall–Kier alpha value is -2.40. The van der Waals surface area contributed by atoms with Crippen LogP contribution in [0.2, 0.25) is 0 Å². The highest BCUT2D eigenvalue weighted by molar-refractivity contribution is 5.96. The lowest BCUT2D eigenvalue weighted by Gasteiger charge is -2.29. The van der Waals surface area contributed by atoms with Crippen LogP contribution in [0.4, 0.5) is 4.39 Å². The second-order valence-electron chi connectivity index (χ2n) is 7.55. The third kappa shape index (κ3) is 3.98. The lowest BCUT2D eigenvalue weighted by atomic mass is 9.91. The van der Waals surface area contributed by atoms with Crippen LogP contribution in [0.1, 0.15) is 35.2 Å². The van der Waals surface area contributed by atoms with Gasteiger partial charge in [0.25, 0.3) is 5.91 Å². The molecule has 4 rings (SSSR count). The molecule has 2 aliphatic rings. The van der Waals surface area contributed by atoms with Crippen LogP contribution in [0.5, 0.6) is 5.75 Å². The van der Waals surface area contributed by atoms with Crippen molar-refractivity contribution in [1.82, 2.24) is 10.2 Å². The minimum Gasteiger partial charge on any atom is -0.490 e. The molecule has 1 amide bonds. The molecule has 1 spiro atoms. The van der Waals surface area contributed by atoms with E-state index >= 15 is 0 Å². The van der Waals surface area contributed by atoms with E-state index in [1.165, 1.54) is 6.07 Å². The number of aryl methyl sites for hydroxylation is 1. The molecule has 1 N–H and O–H groups in total. The number of hydrogen-bond donors (Lipinski definition) is 1. The fourth-order valence-electron chi connectivity index (χ4n) is 4.19. The molecule has 0 saturated carbocycles. The predicted molar refractivity (Wildman–Crippen MR) is 103 cm³/mol. The maximum atomic E-state index is 13.6. The summed E-state index contributed by atoms with van der Waals surface area (Å²) in [7, 11) is 0. The van der Waals surface area contributed by atoms with Gasteiger partial charge in [0.2, 0.25) is 0 Å². The number of hydrogen-bond acceptors (Lipinski definition) is 3. The van der Waals surface area contributed by atoms with Crippen molar-refractivity contribution in [2.45, 2.75) is 31.2 Å². The predicted octanol–water partition coefficient (Wildman–Crippen LogP) is 3.42. The van der Waals surface area contributed by atoms with Crippen molar-refractivity contribution in [2.24, 2.45) is 0 Å². The standard InChI is InChI=1S/C22H25FN2O2/c23-19-8-3-4-9-20(19)27-15-5-13-25-14-12-22(16-25)11-10-17-6-1-2-7-18(17)21(26)24-22/h1-4,6-9H,5,10-16H2,(H,24,26). The smallest absolute Gasteiger partial charge is 0.252 e. The number of nitrogens with one attached hydrogen (secondary N) is 1. The molecule has 5 heteroatoms. The van der Waals surface area contributed by atoms with E-state index in [0.717, 1.165) is 56.4 Å². The van der Waals surface area contributed by atoms with Gasteiger partial charge in [0.1, 0.15) is 0 Å². The topological polar surface area (TPSA) is 41.6 Å². The van der Waals surface area contributed by atoms with Crippen molar-refractivity contribution < 1.29 is 13.9 Å². The maximum absolute atomic E-state index is 13.6. The Morgan fingerprint density at radius 1 is 1.11 bits per heavy atom. The van der Waals surface area contributed by atoms with E-state index < -0.39 is 0 Å². The van der Waals surface area contributed by atoms with E-state index in [9.17, 15) is 9.18 Å². The van der Waals surface area contributed by atoms with Crippen molar-refractivity contribution in [3.8, 4) is 5.75 Å². The number of para-hydroxylation sites is 1. The van der Waals surface area contributed by atoms with Crippen molar-refractivity contribution in [2.75, 3.05) is 26.2 Å². The molecule has 1 atom stereocenters. The molecule has 142 valence electrons. The Morgan fingerprint density at radius 2 is 1.93 bits per heavy atom. The first-order valence-electron chi connectivity index (χ1n) is 9.65. The van der Waals surface area contributed by atoms with Gasteiger partial charge < -0.3 is 15.0 Å². The summed E-state index contributed by atoms with van der Waals surface area (Å²) in [5.74, 6) is 0.0374. The molecule has 27 heavy (non-hydrogen) atoms. The Kier molecular flexibility index (Phi) is 5.12. The van der Waals surface area contributed by atoms with E-state index in [1.54, 1.807) is 18.2 Å². The second kappa shape index (κ2) is 7.69. The number of benzene rings is 2. The van der Waals surface area contributed by atoms with E-state index in [2.05, 4.69) is 16.3 Å². The third-order valence-electron chi connectivity index (χ3n) is 5.66. The number of ether oxygens (including phenoxy) is 1. The molecule has 0 aromatic heterocycles. The van der Waals surface area contributed by atoms with Gasteiger partial charge in [-0.3, -0.25) is 4.79 Å². The highest BCUT2D eigenvalue weighted by atomic mass is 19.1. The highest BCUT2D eigenvalue weighted by Crippen LogP contribution is 2.30. The van der Waals surface area contributed by atoms with Gasteiger partial charge >= 0.3 is 0 Å². The lowest BCUT2D eigenvalue weighted by Crippen LogP contribution is -2.49. The summed E-state index contributed by atoms with van der Waals surface area (Å²) in [4.78, 5) is 15.0. The molecule has 1 fully saturated rings. The van der Waals surface area contributed by atoms with Crippen LogP contribution in [-0.2, 0) is 6.42 Å². The number of nitrogens with zero attached hydrogens (tertiary/aromatic N) is 1. The SMILES string of the molecule is O=C1NC2(CCc3ccccc31)CCN(CCCOc1ccccc1F)C2. The van der Waals surface area contributed by atoms with Crippen molar-refractivity contribution in [1.29, 1.82) is 0 Å². The first-order chi connectivity index (χ1) is 13.2. The summed E-state index contributed by atoms with van der Waals surface area (Å²) in [5, 5.41) is 3.30. The Balaban J connectivity index is 1.29. The number of carbonyl (C=O) groups is 1. The molecule has 0 bridgehead atoms. The number of halogens is 1. The van der Waals surface area contributed by atoms with Gasteiger partial charge in [0.15, 0.2) is 11.6 Å². The maximum Gasteiger partial charge on any atom is 0.252 e. The fraction of sp³-hybridized carbons (Fsp3) is 0.409. The van der Waals surface area contributed by atoms with Gasteiger partial charge in [-0.2, -0.15) is 0 Å². The van der Waals surface area contributed by atoms with Crippen molar-refractivity contribution >= 4 is 5.91 Å². The summed E-state index contributed by atoms with van der Waals surface area (Å²) in [5.41, 5.74) is 1.82. The molecule has 1 unspecified atom stereocenters. The first kappa shape index (κ1) is 18.0. The van der Waals surface area contributed by atoms with Crippen LogP contribution in [-0.4, -0.2) is 42.6 Å². The largest absolute Gasteiger partial charge is 0.490 e. The quantitative estimate of drug-likeness (QED) is 0.823. The van der Waals surface area contributed by atoms with Gasteiger partial charge in [0.05, 0.1) is 12.1 Å². The zero-order valence-corrected chi connectivity index (χ0v) is 15.4. The molecule has 1 saturated heterocycles. The highest BCUT2D eigenvalue weighted by Gasteiger charge is 2.40. The van der Waals surface area contributed by atoms with Gasteiger partial charge in [-0.05, 0) is 49.4 Å².